The number of nitrogens with one attached hydrogen (secondary N) is 1. The lowest BCUT2D eigenvalue weighted by Crippen LogP contribution is -2.39. The Labute approximate surface area is 43.5 Å². The first kappa shape index (κ1) is 6.88. The molecular formula is C4H11N2O. The van der Waals surface area contributed by atoms with Crippen molar-refractivity contribution < 1.29 is 5.11 Å². The van der Waals surface area contributed by atoms with E-state index in [-0.39, 0.29) is 6.17 Å². The SMILES string of the molecule is CC(N)NC(C)[O]. The highest BCUT2D eigenvalue weighted by atomic mass is 16.3. The van der Waals surface area contributed by atoms with E-state index >= 15 is 0 Å². The van der Waals surface area contributed by atoms with E-state index in [4.69, 9.17) is 5.73 Å². The zero-order chi connectivity index (χ0) is 5.86. The van der Waals surface area contributed by atoms with E-state index in [1.54, 1.807) is 6.92 Å². The van der Waals surface area contributed by atoms with Gasteiger partial charge in [-0.25, -0.2) is 5.11 Å². The van der Waals surface area contributed by atoms with Crippen molar-refractivity contribution in [3.05, 3.63) is 0 Å². The molecule has 0 bridgehead atoms. The number of rotatable bonds is 2. The monoisotopic (exact) mass is 103 g/mol. The summed E-state index contributed by atoms with van der Waals surface area (Å²) in [5, 5.41) is 12.7. The van der Waals surface area contributed by atoms with Gasteiger partial charge in [-0.15, -0.1) is 0 Å². The molecule has 0 aromatic rings. The van der Waals surface area contributed by atoms with Crippen molar-refractivity contribution >= 4 is 0 Å². The summed E-state index contributed by atoms with van der Waals surface area (Å²) in [6.45, 7) is 3.25. The van der Waals surface area contributed by atoms with Crippen LogP contribution < -0.4 is 11.1 Å². The van der Waals surface area contributed by atoms with Crippen LogP contribution in [0.15, 0.2) is 0 Å². The van der Waals surface area contributed by atoms with Gasteiger partial charge in [0.25, 0.3) is 0 Å². The maximum atomic E-state index is 10.1. The first-order valence-corrected chi connectivity index (χ1v) is 2.30. The van der Waals surface area contributed by atoms with E-state index in [0.717, 1.165) is 0 Å². The lowest BCUT2D eigenvalue weighted by atomic mass is 10.5. The second kappa shape index (κ2) is 2.96. The lowest BCUT2D eigenvalue weighted by molar-refractivity contribution is 0.0666. The predicted molar refractivity (Wildman–Crippen MR) is 26.9 cm³/mol. The summed E-state index contributed by atoms with van der Waals surface area (Å²) < 4.78 is 0. The minimum absolute atomic E-state index is 0.188. The Kier molecular flexibility index (Phi) is 2.91. The van der Waals surface area contributed by atoms with Crippen molar-refractivity contribution in [2.45, 2.75) is 26.2 Å². The molecule has 1 radical (unpaired) electrons. The van der Waals surface area contributed by atoms with Crippen molar-refractivity contribution in [1.82, 2.24) is 5.32 Å². The normalized spacial score (nSPS) is 18.9. The third-order valence-corrected chi connectivity index (χ3v) is 0.498. The average molecular weight is 103 g/mol. The third kappa shape index (κ3) is 5.88. The summed E-state index contributed by atoms with van der Waals surface area (Å²) in [5.41, 5.74) is 5.18. The van der Waals surface area contributed by atoms with Gasteiger partial charge >= 0.3 is 0 Å². The summed E-state index contributed by atoms with van der Waals surface area (Å²) in [6, 6.07) is 0. The largest absolute Gasteiger partial charge is 0.316 e. The van der Waals surface area contributed by atoms with E-state index in [1.165, 1.54) is 6.92 Å². The van der Waals surface area contributed by atoms with Gasteiger partial charge < -0.3 is 5.73 Å². The van der Waals surface area contributed by atoms with Crippen LogP contribution in [0.1, 0.15) is 13.8 Å². The maximum absolute atomic E-state index is 10.1. The summed E-state index contributed by atoms with van der Waals surface area (Å²) in [7, 11) is 0. The van der Waals surface area contributed by atoms with Gasteiger partial charge in [-0.3, -0.25) is 5.32 Å². The molecular weight excluding hydrogens is 92.1 g/mol. The second-order valence-corrected chi connectivity index (χ2v) is 1.60. The number of hydrogen-bond acceptors (Lipinski definition) is 2. The minimum Gasteiger partial charge on any atom is -0.316 e. The highest BCUT2D eigenvalue weighted by Crippen LogP contribution is 1.72. The second-order valence-electron chi connectivity index (χ2n) is 1.60. The van der Waals surface area contributed by atoms with Gasteiger partial charge in [-0.1, -0.05) is 0 Å². The molecule has 0 heterocycles. The van der Waals surface area contributed by atoms with Crippen LogP contribution >= 0.6 is 0 Å². The van der Waals surface area contributed by atoms with Crippen molar-refractivity contribution in [3.63, 3.8) is 0 Å². The fourth-order valence-corrected chi connectivity index (χ4v) is 0.370. The molecule has 0 spiro atoms. The highest BCUT2D eigenvalue weighted by Gasteiger charge is 1.96. The van der Waals surface area contributed by atoms with Gasteiger partial charge in [0.2, 0.25) is 0 Å². The van der Waals surface area contributed by atoms with Gasteiger partial charge in [0.1, 0.15) is 6.23 Å². The van der Waals surface area contributed by atoms with Crippen molar-refractivity contribution in [1.29, 1.82) is 0 Å². The van der Waals surface area contributed by atoms with Crippen molar-refractivity contribution in [2.75, 3.05) is 0 Å². The highest BCUT2D eigenvalue weighted by molar-refractivity contribution is 4.48. The predicted octanol–water partition coefficient (Wildman–Crippen LogP) is -0.343. The first-order valence-electron chi connectivity index (χ1n) is 2.30. The number of nitrogens with two attached hydrogens (primary N) is 1. The van der Waals surface area contributed by atoms with E-state index in [9.17, 15) is 5.11 Å². The Balaban J connectivity index is 2.95. The molecule has 0 saturated carbocycles. The van der Waals surface area contributed by atoms with Crippen LogP contribution in [-0.2, 0) is 5.11 Å². The molecule has 0 amide bonds. The molecule has 0 rings (SSSR count). The Morgan fingerprint density at radius 2 is 2.00 bits per heavy atom. The topological polar surface area (TPSA) is 57.9 Å². The zero-order valence-electron chi connectivity index (χ0n) is 4.64. The molecule has 0 aliphatic carbocycles. The van der Waals surface area contributed by atoms with Crippen molar-refractivity contribution in [3.8, 4) is 0 Å². The molecule has 3 nitrogen and oxygen atoms in total. The van der Waals surface area contributed by atoms with E-state index in [1.807, 2.05) is 0 Å². The molecule has 0 saturated heterocycles. The lowest BCUT2D eigenvalue weighted by Gasteiger charge is -2.07. The van der Waals surface area contributed by atoms with Gasteiger partial charge in [0, 0.05) is 0 Å². The maximum Gasteiger partial charge on any atom is 0.142 e. The van der Waals surface area contributed by atoms with E-state index in [2.05, 4.69) is 5.32 Å². The fourth-order valence-electron chi connectivity index (χ4n) is 0.370. The van der Waals surface area contributed by atoms with Gasteiger partial charge in [-0.2, -0.15) is 0 Å². The molecule has 0 aromatic carbocycles. The molecule has 3 N–H and O–H groups in total. The minimum atomic E-state index is -0.750. The van der Waals surface area contributed by atoms with Crippen LogP contribution in [-0.4, -0.2) is 12.4 Å². The van der Waals surface area contributed by atoms with Gasteiger partial charge in [-0.05, 0) is 13.8 Å². The summed E-state index contributed by atoms with van der Waals surface area (Å²) in [4.78, 5) is 0. The molecule has 7 heavy (non-hydrogen) atoms. The smallest absolute Gasteiger partial charge is 0.142 e. The van der Waals surface area contributed by atoms with Gasteiger partial charge in [0.15, 0.2) is 0 Å². The fraction of sp³-hybridized carbons (Fsp3) is 1.00. The molecule has 0 aliphatic rings. The van der Waals surface area contributed by atoms with Crippen LogP contribution in [0.25, 0.3) is 0 Å². The molecule has 3 heteroatoms. The Hall–Kier alpha value is -0.120. The van der Waals surface area contributed by atoms with Gasteiger partial charge in [0.05, 0.1) is 6.17 Å². The molecule has 0 aliphatic heterocycles. The Morgan fingerprint density at radius 3 is 2.00 bits per heavy atom. The summed E-state index contributed by atoms with van der Waals surface area (Å²) >= 11 is 0. The first-order chi connectivity index (χ1) is 3.13. The number of hydrogen-bond donors (Lipinski definition) is 2. The summed E-state index contributed by atoms with van der Waals surface area (Å²) in [5.74, 6) is 0. The molecule has 0 fully saturated rings. The molecule has 2 unspecified atom stereocenters. The van der Waals surface area contributed by atoms with Crippen LogP contribution in [0.3, 0.4) is 0 Å². The molecule has 43 valence electrons. The zero-order valence-corrected chi connectivity index (χ0v) is 4.64. The van der Waals surface area contributed by atoms with Crippen LogP contribution in [0.2, 0.25) is 0 Å². The van der Waals surface area contributed by atoms with Crippen molar-refractivity contribution in [2.24, 2.45) is 5.73 Å². The Morgan fingerprint density at radius 1 is 1.57 bits per heavy atom. The third-order valence-electron chi connectivity index (χ3n) is 0.498. The van der Waals surface area contributed by atoms with Crippen LogP contribution in [0, 0.1) is 0 Å². The molecule has 0 aromatic heterocycles. The Bertz CT molecular complexity index is 39.0. The van der Waals surface area contributed by atoms with E-state index < -0.39 is 6.23 Å². The summed E-state index contributed by atoms with van der Waals surface area (Å²) in [6.07, 6.45) is -0.938. The molecule has 2 atom stereocenters. The van der Waals surface area contributed by atoms with Crippen LogP contribution in [0.4, 0.5) is 0 Å². The standard InChI is InChI=1S/C4H11N2O/c1-3(5)6-4(2)7/h3-4,6H,5H2,1-2H3. The quantitative estimate of drug-likeness (QED) is 0.469. The average Bonchev–Trinajstić information content (AvgIpc) is 1.27. The van der Waals surface area contributed by atoms with E-state index in [0.29, 0.717) is 0 Å². The van der Waals surface area contributed by atoms with Crippen LogP contribution in [0.5, 0.6) is 0 Å².